The zero-order valence-corrected chi connectivity index (χ0v) is 10.5. The third kappa shape index (κ3) is 3.06. The van der Waals surface area contributed by atoms with E-state index in [9.17, 15) is 0 Å². The number of aromatic nitrogens is 2. The Labute approximate surface area is 98.0 Å². The average molecular weight is 245 g/mol. The highest BCUT2D eigenvalue weighted by atomic mass is 32.2. The van der Waals surface area contributed by atoms with Crippen LogP contribution in [0.4, 0.5) is 5.13 Å². The lowest BCUT2D eigenvalue weighted by Crippen LogP contribution is -2.17. The van der Waals surface area contributed by atoms with Crippen molar-refractivity contribution < 1.29 is 4.74 Å². The van der Waals surface area contributed by atoms with Gasteiger partial charge in [-0.25, -0.2) is 4.98 Å². The number of nitrogens with one attached hydrogen (secondary N) is 1. The van der Waals surface area contributed by atoms with Crippen molar-refractivity contribution >= 4 is 28.4 Å². The van der Waals surface area contributed by atoms with E-state index in [4.69, 9.17) is 4.74 Å². The van der Waals surface area contributed by atoms with Gasteiger partial charge in [-0.3, -0.25) is 0 Å². The van der Waals surface area contributed by atoms with Crippen LogP contribution in [0, 0.1) is 0 Å². The second kappa shape index (κ2) is 5.14. The summed E-state index contributed by atoms with van der Waals surface area (Å²) in [5, 5.41) is 4.13. The van der Waals surface area contributed by atoms with E-state index in [1.54, 1.807) is 0 Å². The lowest BCUT2D eigenvalue weighted by molar-refractivity contribution is 0.0704. The largest absolute Gasteiger partial charge is 0.368 e. The van der Waals surface area contributed by atoms with Crippen LogP contribution in [0.15, 0.2) is 0 Å². The van der Waals surface area contributed by atoms with Crippen LogP contribution < -0.4 is 5.32 Å². The van der Waals surface area contributed by atoms with E-state index in [0.717, 1.165) is 29.1 Å². The van der Waals surface area contributed by atoms with Gasteiger partial charge in [0.15, 0.2) is 5.82 Å². The summed E-state index contributed by atoms with van der Waals surface area (Å²) in [6.07, 6.45) is 0.0858. The van der Waals surface area contributed by atoms with Crippen LogP contribution in [0.2, 0.25) is 0 Å². The Hall–Kier alpha value is -0.330. The molecule has 1 aliphatic heterocycles. The van der Waals surface area contributed by atoms with Crippen LogP contribution in [0.5, 0.6) is 0 Å². The molecule has 84 valence electrons. The first-order valence-electron chi connectivity index (χ1n) is 5.05. The second-order valence-corrected chi connectivity index (χ2v) is 5.59. The summed E-state index contributed by atoms with van der Waals surface area (Å²) in [7, 11) is 0. The zero-order valence-electron chi connectivity index (χ0n) is 8.90. The minimum atomic E-state index is 0.0858. The van der Waals surface area contributed by atoms with Gasteiger partial charge in [-0.05, 0) is 13.8 Å². The quantitative estimate of drug-likeness (QED) is 0.884. The van der Waals surface area contributed by atoms with E-state index < -0.39 is 0 Å². The van der Waals surface area contributed by atoms with Crippen molar-refractivity contribution in [3.8, 4) is 0 Å². The summed E-state index contributed by atoms with van der Waals surface area (Å²) in [6, 6.07) is 0.396. The fraction of sp³-hybridized carbons (Fsp3) is 0.778. The Bertz CT molecular complexity index is 310. The molecular weight excluding hydrogens is 230 g/mol. The molecule has 1 fully saturated rings. The van der Waals surface area contributed by atoms with Crippen LogP contribution in [-0.2, 0) is 4.74 Å². The molecule has 0 saturated carbocycles. The van der Waals surface area contributed by atoms with Gasteiger partial charge in [0.1, 0.15) is 6.10 Å². The highest BCUT2D eigenvalue weighted by Gasteiger charge is 2.20. The van der Waals surface area contributed by atoms with E-state index in [0.29, 0.717) is 6.04 Å². The lowest BCUT2D eigenvalue weighted by Gasteiger charge is -2.19. The van der Waals surface area contributed by atoms with Gasteiger partial charge in [0.05, 0.1) is 6.61 Å². The van der Waals surface area contributed by atoms with E-state index in [1.807, 2.05) is 11.8 Å². The van der Waals surface area contributed by atoms with E-state index >= 15 is 0 Å². The molecule has 2 rings (SSSR count). The summed E-state index contributed by atoms with van der Waals surface area (Å²) in [5.41, 5.74) is 0. The fourth-order valence-electron chi connectivity index (χ4n) is 1.31. The first kappa shape index (κ1) is 11.2. The fourth-order valence-corrected chi connectivity index (χ4v) is 2.91. The number of hydrogen-bond acceptors (Lipinski definition) is 6. The number of nitrogens with zero attached hydrogens (tertiary/aromatic N) is 2. The van der Waals surface area contributed by atoms with Gasteiger partial charge in [0, 0.05) is 29.1 Å². The number of anilines is 1. The van der Waals surface area contributed by atoms with E-state index in [2.05, 4.69) is 28.5 Å². The van der Waals surface area contributed by atoms with Crippen molar-refractivity contribution in [2.24, 2.45) is 0 Å². The summed E-state index contributed by atoms with van der Waals surface area (Å²) in [6.45, 7) is 4.99. The first-order chi connectivity index (χ1) is 7.25. The molecule has 0 aliphatic carbocycles. The molecule has 1 unspecified atom stereocenters. The third-order valence-electron chi connectivity index (χ3n) is 1.96. The molecular formula is C9H15N3OS2. The minimum Gasteiger partial charge on any atom is -0.368 e. The molecule has 2 heterocycles. The zero-order chi connectivity index (χ0) is 10.7. The van der Waals surface area contributed by atoms with Crippen LogP contribution in [0.3, 0.4) is 0 Å². The highest BCUT2D eigenvalue weighted by Crippen LogP contribution is 2.26. The number of hydrogen-bond donors (Lipinski definition) is 1. The molecule has 0 spiro atoms. The van der Waals surface area contributed by atoms with Gasteiger partial charge in [-0.2, -0.15) is 16.1 Å². The number of thioether (sulfide) groups is 1. The molecule has 1 atom stereocenters. The van der Waals surface area contributed by atoms with E-state index in [1.165, 1.54) is 11.5 Å². The summed E-state index contributed by atoms with van der Waals surface area (Å²) in [4.78, 5) is 4.43. The Morgan fingerprint density at radius 3 is 3.07 bits per heavy atom. The van der Waals surface area contributed by atoms with E-state index in [-0.39, 0.29) is 6.10 Å². The predicted octanol–water partition coefficient (Wildman–Crippen LogP) is 2.16. The summed E-state index contributed by atoms with van der Waals surface area (Å²) in [5.74, 6) is 2.88. The molecule has 6 heteroatoms. The minimum absolute atomic E-state index is 0.0858. The molecule has 1 aliphatic rings. The van der Waals surface area contributed by atoms with Gasteiger partial charge in [0.2, 0.25) is 5.13 Å². The molecule has 15 heavy (non-hydrogen) atoms. The van der Waals surface area contributed by atoms with Gasteiger partial charge in [-0.1, -0.05) is 0 Å². The van der Waals surface area contributed by atoms with Gasteiger partial charge in [0.25, 0.3) is 0 Å². The molecule has 0 amide bonds. The molecule has 1 saturated heterocycles. The van der Waals surface area contributed by atoms with Gasteiger partial charge in [-0.15, -0.1) is 0 Å². The van der Waals surface area contributed by atoms with Crippen molar-refractivity contribution in [1.29, 1.82) is 0 Å². The van der Waals surface area contributed by atoms with Gasteiger partial charge < -0.3 is 10.1 Å². The standard InChI is InChI=1S/C9H15N3OS2/c1-6(2)10-9-11-8(12-15-9)7-5-14-4-3-13-7/h6-7H,3-5H2,1-2H3,(H,10,11,12). The van der Waals surface area contributed by atoms with Crippen LogP contribution in [-0.4, -0.2) is 33.5 Å². The third-order valence-corrected chi connectivity index (χ3v) is 3.61. The molecule has 0 bridgehead atoms. The smallest absolute Gasteiger partial charge is 0.202 e. The first-order valence-corrected chi connectivity index (χ1v) is 6.98. The van der Waals surface area contributed by atoms with Crippen molar-refractivity contribution in [1.82, 2.24) is 9.36 Å². The van der Waals surface area contributed by atoms with Crippen molar-refractivity contribution in [3.63, 3.8) is 0 Å². The molecule has 0 radical (unpaired) electrons. The summed E-state index contributed by atoms with van der Waals surface area (Å²) >= 11 is 3.31. The normalized spacial score (nSPS) is 21.9. The Morgan fingerprint density at radius 2 is 2.40 bits per heavy atom. The summed E-state index contributed by atoms with van der Waals surface area (Å²) < 4.78 is 9.94. The monoisotopic (exact) mass is 245 g/mol. The molecule has 0 aromatic carbocycles. The highest BCUT2D eigenvalue weighted by molar-refractivity contribution is 7.99. The topological polar surface area (TPSA) is 47.0 Å². The Balaban J connectivity index is 1.99. The van der Waals surface area contributed by atoms with Crippen molar-refractivity contribution in [2.45, 2.75) is 26.0 Å². The SMILES string of the molecule is CC(C)Nc1nc(C2CSCCO2)ns1. The maximum atomic E-state index is 5.62. The number of ether oxygens (including phenoxy) is 1. The Morgan fingerprint density at radius 1 is 1.53 bits per heavy atom. The van der Waals surface area contributed by atoms with Crippen LogP contribution in [0.25, 0.3) is 0 Å². The molecule has 1 aromatic heterocycles. The predicted molar refractivity (Wildman–Crippen MR) is 64.7 cm³/mol. The second-order valence-electron chi connectivity index (χ2n) is 3.69. The van der Waals surface area contributed by atoms with Crippen molar-refractivity contribution in [3.05, 3.63) is 5.82 Å². The molecule has 1 aromatic rings. The number of rotatable bonds is 3. The maximum Gasteiger partial charge on any atom is 0.202 e. The maximum absolute atomic E-state index is 5.62. The van der Waals surface area contributed by atoms with Crippen LogP contribution in [0.1, 0.15) is 25.8 Å². The average Bonchev–Trinajstić information content (AvgIpc) is 2.67. The lowest BCUT2D eigenvalue weighted by atomic mass is 10.4. The molecule has 1 N–H and O–H groups in total. The van der Waals surface area contributed by atoms with Crippen molar-refractivity contribution in [2.75, 3.05) is 23.4 Å². The van der Waals surface area contributed by atoms with Crippen LogP contribution >= 0.6 is 23.3 Å². The molecule has 4 nitrogen and oxygen atoms in total. The van der Waals surface area contributed by atoms with Gasteiger partial charge >= 0.3 is 0 Å². The Kier molecular flexibility index (Phi) is 3.82.